The maximum atomic E-state index is 13.0. The summed E-state index contributed by atoms with van der Waals surface area (Å²) in [5, 5.41) is 3.24. The lowest BCUT2D eigenvalue weighted by Gasteiger charge is -2.44. The Hall–Kier alpha value is -1.79. The number of rotatable bonds is 4. The fraction of sp³-hybridized carbons (Fsp3) is 0.682. The highest BCUT2D eigenvalue weighted by molar-refractivity contribution is 5.74. The zero-order valence-corrected chi connectivity index (χ0v) is 16.9. The van der Waals surface area contributed by atoms with Gasteiger partial charge in [-0.15, -0.1) is 0 Å². The summed E-state index contributed by atoms with van der Waals surface area (Å²) in [6.07, 6.45) is 6.55. The molecular formula is C22H32N2O4. The molecule has 6 nitrogen and oxygen atoms in total. The molecule has 3 aliphatic rings. The summed E-state index contributed by atoms with van der Waals surface area (Å²) in [6, 6.07) is 8.33. The normalized spacial score (nSPS) is 27.0. The van der Waals surface area contributed by atoms with Crippen LogP contribution in [0.2, 0.25) is 0 Å². The molecule has 0 radical (unpaired) electrons. The maximum absolute atomic E-state index is 13.0. The number of benzene rings is 1. The first-order valence-corrected chi connectivity index (χ1v) is 10.5. The molecule has 2 aliphatic heterocycles. The Morgan fingerprint density at radius 1 is 1.21 bits per heavy atom. The molecule has 1 aromatic carbocycles. The zero-order chi connectivity index (χ0) is 19.5. The molecule has 1 spiro atoms. The number of carbonyl (C=O) groups excluding carboxylic acids is 1. The van der Waals surface area contributed by atoms with Crippen LogP contribution in [-0.4, -0.2) is 63.1 Å². The molecule has 1 N–H and O–H groups in total. The number of nitrogens with zero attached hydrogens (tertiary/aromatic N) is 1. The van der Waals surface area contributed by atoms with Crippen LogP contribution in [0.4, 0.5) is 4.79 Å². The lowest BCUT2D eigenvalue weighted by molar-refractivity contribution is -0.160. The van der Waals surface area contributed by atoms with Gasteiger partial charge >= 0.3 is 6.03 Å². The molecule has 1 aromatic rings. The van der Waals surface area contributed by atoms with E-state index in [9.17, 15) is 4.79 Å². The molecule has 0 aromatic heterocycles. The van der Waals surface area contributed by atoms with Crippen molar-refractivity contribution in [2.75, 3.05) is 46.6 Å². The van der Waals surface area contributed by atoms with Crippen molar-refractivity contribution in [1.82, 2.24) is 10.2 Å². The van der Waals surface area contributed by atoms with Crippen LogP contribution in [0.15, 0.2) is 24.3 Å². The van der Waals surface area contributed by atoms with Crippen LogP contribution < -0.4 is 10.1 Å². The standard InChI is InChI=1S/C22H32N2O4/c1-26-19-7-4-6-18(14-19)21(8-2-3-9-21)15-23-20(25)24-11-13-28-22(16-24)10-5-12-27-17-22/h4,6-7,14H,2-3,5,8-13,15-17H2,1H3,(H,23,25). The van der Waals surface area contributed by atoms with E-state index in [1.807, 2.05) is 17.0 Å². The Balaban J connectivity index is 1.42. The molecule has 154 valence electrons. The number of amides is 2. The number of urea groups is 1. The Bertz CT molecular complexity index is 675. The third-order valence-corrected chi connectivity index (χ3v) is 6.64. The lowest BCUT2D eigenvalue weighted by atomic mass is 9.78. The van der Waals surface area contributed by atoms with Crippen LogP contribution in [0.1, 0.15) is 44.1 Å². The predicted octanol–water partition coefficient (Wildman–Crippen LogP) is 3.10. The minimum atomic E-state index is -0.314. The monoisotopic (exact) mass is 388 g/mol. The summed E-state index contributed by atoms with van der Waals surface area (Å²) in [5.41, 5.74) is 0.956. The first-order chi connectivity index (χ1) is 13.6. The van der Waals surface area contributed by atoms with Gasteiger partial charge in [-0.1, -0.05) is 25.0 Å². The van der Waals surface area contributed by atoms with Gasteiger partial charge in [0.1, 0.15) is 11.4 Å². The smallest absolute Gasteiger partial charge is 0.317 e. The van der Waals surface area contributed by atoms with E-state index in [1.54, 1.807) is 7.11 Å². The molecule has 2 heterocycles. The van der Waals surface area contributed by atoms with E-state index in [4.69, 9.17) is 14.2 Å². The Morgan fingerprint density at radius 3 is 2.82 bits per heavy atom. The first-order valence-electron chi connectivity index (χ1n) is 10.5. The van der Waals surface area contributed by atoms with Crippen molar-refractivity contribution < 1.29 is 19.0 Å². The van der Waals surface area contributed by atoms with Crippen molar-refractivity contribution in [1.29, 1.82) is 0 Å². The molecule has 4 rings (SSSR count). The fourth-order valence-corrected chi connectivity index (χ4v) is 5.01. The van der Waals surface area contributed by atoms with Crippen molar-refractivity contribution >= 4 is 6.03 Å². The van der Waals surface area contributed by atoms with E-state index in [0.29, 0.717) is 32.8 Å². The first kappa shape index (κ1) is 19.5. The topological polar surface area (TPSA) is 60.0 Å². The molecule has 1 unspecified atom stereocenters. The molecule has 2 saturated heterocycles. The largest absolute Gasteiger partial charge is 0.497 e. The molecule has 0 bridgehead atoms. The third-order valence-electron chi connectivity index (χ3n) is 6.64. The van der Waals surface area contributed by atoms with E-state index in [0.717, 1.165) is 38.0 Å². The van der Waals surface area contributed by atoms with Gasteiger partial charge in [0, 0.05) is 25.1 Å². The van der Waals surface area contributed by atoms with Crippen molar-refractivity contribution in [3.8, 4) is 5.75 Å². The number of morpholine rings is 1. The number of hydrogen-bond acceptors (Lipinski definition) is 4. The highest BCUT2D eigenvalue weighted by Gasteiger charge is 2.41. The molecule has 1 aliphatic carbocycles. The van der Waals surface area contributed by atoms with Gasteiger partial charge in [0.25, 0.3) is 0 Å². The quantitative estimate of drug-likeness (QED) is 0.861. The minimum absolute atomic E-state index is 0.00211. The van der Waals surface area contributed by atoms with Gasteiger partial charge in [-0.05, 0) is 43.4 Å². The Kier molecular flexibility index (Phi) is 5.78. The molecule has 1 atom stereocenters. The molecular weight excluding hydrogens is 356 g/mol. The second-order valence-electron chi connectivity index (χ2n) is 8.49. The SMILES string of the molecule is COc1cccc(C2(CNC(=O)N3CCOC4(CCCOC4)C3)CCCC2)c1. The highest BCUT2D eigenvalue weighted by atomic mass is 16.5. The number of nitrogens with one attached hydrogen (secondary N) is 1. The molecule has 1 saturated carbocycles. The van der Waals surface area contributed by atoms with Gasteiger partial charge in [0.05, 0.1) is 26.9 Å². The average molecular weight is 389 g/mol. The van der Waals surface area contributed by atoms with Crippen LogP contribution in [0.25, 0.3) is 0 Å². The van der Waals surface area contributed by atoms with Crippen molar-refractivity contribution in [3.63, 3.8) is 0 Å². The summed E-state index contributed by atoms with van der Waals surface area (Å²) in [6.45, 7) is 3.88. The molecule has 2 amide bonds. The van der Waals surface area contributed by atoms with Crippen molar-refractivity contribution in [2.45, 2.75) is 49.5 Å². The van der Waals surface area contributed by atoms with Crippen molar-refractivity contribution in [2.24, 2.45) is 0 Å². The van der Waals surface area contributed by atoms with Crippen molar-refractivity contribution in [3.05, 3.63) is 29.8 Å². The highest BCUT2D eigenvalue weighted by Crippen LogP contribution is 2.41. The summed E-state index contributed by atoms with van der Waals surface area (Å²) >= 11 is 0. The Morgan fingerprint density at radius 2 is 2.07 bits per heavy atom. The fourth-order valence-electron chi connectivity index (χ4n) is 5.01. The number of methoxy groups -OCH3 is 1. The number of carbonyl (C=O) groups is 1. The van der Waals surface area contributed by atoms with E-state index < -0.39 is 0 Å². The summed E-state index contributed by atoms with van der Waals surface area (Å²) in [7, 11) is 1.70. The lowest BCUT2D eigenvalue weighted by Crippen LogP contribution is -2.59. The zero-order valence-electron chi connectivity index (χ0n) is 16.9. The summed E-state index contributed by atoms with van der Waals surface area (Å²) in [5.74, 6) is 0.877. The number of hydrogen-bond donors (Lipinski definition) is 1. The van der Waals surface area contributed by atoms with Crippen LogP contribution in [0.3, 0.4) is 0 Å². The summed E-state index contributed by atoms with van der Waals surface area (Å²) in [4.78, 5) is 14.9. The third kappa shape index (κ3) is 3.98. The van der Waals surface area contributed by atoms with Gasteiger partial charge in [-0.25, -0.2) is 4.79 Å². The van der Waals surface area contributed by atoms with Gasteiger partial charge in [-0.3, -0.25) is 0 Å². The van der Waals surface area contributed by atoms with Crippen LogP contribution in [0.5, 0.6) is 5.75 Å². The number of ether oxygens (including phenoxy) is 3. The summed E-state index contributed by atoms with van der Waals surface area (Å²) < 4.78 is 17.1. The van der Waals surface area contributed by atoms with Gasteiger partial charge in [0.2, 0.25) is 0 Å². The van der Waals surface area contributed by atoms with E-state index in [-0.39, 0.29) is 17.0 Å². The molecule has 28 heavy (non-hydrogen) atoms. The second kappa shape index (κ2) is 8.29. The minimum Gasteiger partial charge on any atom is -0.497 e. The van der Waals surface area contributed by atoms with Gasteiger partial charge in [0.15, 0.2) is 0 Å². The molecule has 3 fully saturated rings. The Labute approximate surface area is 167 Å². The van der Waals surface area contributed by atoms with Gasteiger partial charge in [-0.2, -0.15) is 0 Å². The van der Waals surface area contributed by atoms with E-state index >= 15 is 0 Å². The van der Waals surface area contributed by atoms with Crippen LogP contribution >= 0.6 is 0 Å². The predicted molar refractivity (Wildman–Crippen MR) is 107 cm³/mol. The van der Waals surface area contributed by atoms with Gasteiger partial charge < -0.3 is 24.4 Å². The van der Waals surface area contributed by atoms with Crippen LogP contribution in [0, 0.1) is 0 Å². The second-order valence-corrected chi connectivity index (χ2v) is 8.49. The average Bonchev–Trinajstić information content (AvgIpc) is 3.23. The maximum Gasteiger partial charge on any atom is 0.317 e. The molecule has 6 heteroatoms. The van der Waals surface area contributed by atoms with E-state index in [1.165, 1.54) is 18.4 Å². The van der Waals surface area contributed by atoms with Crippen LogP contribution in [-0.2, 0) is 14.9 Å². The van der Waals surface area contributed by atoms with E-state index in [2.05, 4.69) is 17.4 Å².